The molecule has 1 amide bonds. The SMILES string of the molecule is CC#Cc1ccc(C)nc1C(=O)N1CC(F)(F)CC(C)C1CNC(/N=C\C(=C/C)C(F)(F)F)=C(\C)CC. The van der Waals surface area contributed by atoms with E-state index in [4.69, 9.17) is 0 Å². The zero-order chi connectivity index (χ0) is 28.0. The predicted molar refractivity (Wildman–Crippen MR) is 134 cm³/mol. The average molecular weight is 525 g/mol. The van der Waals surface area contributed by atoms with Gasteiger partial charge in [0.1, 0.15) is 11.5 Å². The van der Waals surface area contributed by atoms with Crippen molar-refractivity contribution in [2.45, 2.75) is 72.5 Å². The fourth-order valence-corrected chi connectivity index (χ4v) is 4.09. The molecule has 2 unspecified atom stereocenters. The predicted octanol–water partition coefficient (Wildman–Crippen LogP) is 6.06. The molecule has 1 aliphatic heterocycles. The number of aliphatic imine (C=N–C) groups is 1. The van der Waals surface area contributed by atoms with E-state index in [-0.39, 0.29) is 18.1 Å². The summed E-state index contributed by atoms with van der Waals surface area (Å²) in [7, 11) is 0. The number of amides is 1. The van der Waals surface area contributed by atoms with Crippen LogP contribution >= 0.6 is 0 Å². The molecule has 5 nitrogen and oxygen atoms in total. The van der Waals surface area contributed by atoms with Crippen LogP contribution in [0, 0.1) is 24.7 Å². The van der Waals surface area contributed by atoms with Crippen LogP contribution in [0.15, 0.2) is 40.2 Å². The van der Waals surface area contributed by atoms with Crippen molar-refractivity contribution in [3.05, 3.63) is 52.1 Å². The number of piperidine rings is 1. The van der Waals surface area contributed by atoms with Crippen molar-refractivity contribution in [3.63, 3.8) is 0 Å². The molecule has 2 heterocycles. The van der Waals surface area contributed by atoms with Gasteiger partial charge in [0.05, 0.1) is 23.7 Å². The molecule has 2 atom stereocenters. The number of hydrogen-bond donors (Lipinski definition) is 1. The maximum absolute atomic E-state index is 14.6. The smallest absolute Gasteiger partial charge is 0.368 e. The summed E-state index contributed by atoms with van der Waals surface area (Å²) in [5, 5.41) is 3.02. The van der Waals surface area contributed by atoms with E-state index >= 15 is 0 Å². The van der Waals surface area contributed by atoms with E-state index in [0.717, 1.165) is 17.2 Å². The number of alkyl halides is 5. The van der Waals surface area contributed by atoms with E-state index in [0.29, 0.717) is 23.3 Å². The number of likely N-dealkylation sites (tertiary alicyclic amines) is 1. The molecule has 0 radical (unpaired) electrons. The number of nitrogens with one attached hydrogen (secondary N) is 1. The number of carbonyl (C=O) groups excluding carboxylic acids is 1. The number of aryl methyl sites for hydroxylation is 1. The van der Waals surface area contributed by atoms with Crippen LogP contribution in [0.3, 0.4) is 0 Å². The molecule has 0 bridgehead atoms. The minimum absolute atomic E-state index is 0.00863. The minimum atomic E-state index is -4.56. The minimum Gasteiger partial charge on any atom is -0.368 e. The van der Waals surface area contributed by atoms with Crippen LogP contribution in [0.5, 0.6) is 0 Å². The Morgan fingerprint density at radius 2 is 2.03 bits per heavy atom. The summed E-state index contributed by atoms with van der Waals surface area (Å²) in [5.74, 6) is 1.33. The molecule has 1 N–H and O–H groups in total. The highest BCUT2D eigenvalue weighted by atomic mass is 19.4. The summed E-state index contributed by atoms with van der Waals surface area (Å²) < 4.78 is 68.7. The fourth-order valence-electron chi connectivity index (χ4n) is 4.09. The number of rotatable bonds is 7. The van der Waals surface area contributed by atoms with E-state index in [1.54, 1.807) is 39.8 Å². The molecule has 202 valence electrons. The molecule has 1 aromatic heterocycles. The lowest BCUT2D eigenvalue weighted by Gasteiger charge is -2.43. The van der Waals surface area contributed by atoms with Crippen molar-refractivity contribution in [1.29, 1.82) is 0 Å². The van der Waals surface area contributed by atoms with Gasteiger partial charge in [-0.2, -0.15) is 13.2 Å². The summed E-state index contributed by atoms with van der Waals surface area (Å²) >= 11 is 0. The third kappa shape index (κ3) is 7.88. The van der Waals surface area contributed by atoms with Crippen molar-refractivity contribution >= 4 is 12.1 Å². The molecule has 0 aliphatic carbocycles. The van der Waals surface area contributed by atoms with Crippen LogP contribution in [0.4, 0.5) is 22.0 Å². The number of allylic oxidation sites excluding steroid dienone is 3. The van der Waals surface area contributed by atoms with Gasteiger partial charge in [-0.05, 0) is 57.7 Å². The molecule has 0 spiro atoms. The summed E-state index contributed by atoms with van der Waals surface area (Å²) in [6, 6.07) is 2.63. The number of carbonyl (C=O) groups is 1. The van der Waals surface area contributed by atoms with Crippen LogP contribution in [0.1, 0.15) is 69.2 Å². The third-order valence-electron chi connectivity index (χ3n) is 6.22. The van der Waals surface area contributed by atoms with Crippen molar-refractivity contribution in [1.82, 2.24) is 15.2 Å². The van der Waals surface area contributed by atoms with Gasteiger partial charge in [-0.1, -0.05) is 25.8 Å². The molecule has 1 fully saturated rings. The van der Waals surface area contributed by atoms with Crippen molar-refractivity contribution < 1.29 is 26.7 Å². The van der Waals surface area contributed by atoms with Crippen LogP contribution in [-0.4, -0.2) is 53.2 Å². The van der Waals surface area contributed by atoms with Gasteiger partial charge in [0, 0.05) is 24.9 Å². The molecular formula is C27H33F5N4O. The lowest BCUT2D eigenvalue weighted by molar-refractivity contribution is -0.0913. The summed E-state index contributed by atoms with van der Waals surface area (Å²) in [4.78, 5) is 23.0. The summed E-state index contributed by atoms with van der Waals surface area (Å²) in [6.07, 6.45) is -2.84. The third-order valence-corrected chi connectivity index (χ3v) is 6.22. The quantitative estimate of drug-likeness (QED) is 0.268. The lowest BCUT2D eigenvalue weighted by atomic mass is 9.88. The molecule has 10 heteroatoms. The van der Waals surface area contributed by atoms with E-state index in [2.05, 4.69) is 27.1 Å². The molecule has 1 saturated heterocycles. The van der Waals surface area contributed by atoms with Gasteiger partial charge < -0.3 is 10.2 Å². The largest absolute Gasteiger partial charge is 0.417 e. The topological polar surface area (TPSA) is 57.6 Å². The number of halogens is 5. The van der Waals surface area contributed by atoms with E-state index in [9.17, 15) is 26.7 Å². The molecule has 1 aromatic rings. The Morgan fingerprint density at radius 1 is 1.35 bits per heavy atom. The van der Waals surface area contributed by atoms with Crippen molar-refractivity contribution in [2.75, 3.05) is 13.1 Å². The van der Waals surface area contributed by atoms with Crippen LogP contribution in [0.2, 0.25) is 0 Å². The van der Waals surface area contributed by atoms with Crippen LogP contribution in [-0.2, 0) is 0 Å². The second-order valence-electron chi connectivity index (χ2n) is 9.12. The Hall–Kier alpha value is -3.22. The molecular weight excluding hydrogens is 491 g/mol. The Balaban J connectivity index is 2.42. The highest BCUT2D eigenvalue weighted by molar-refractivity contribution is 5.95. The highest BCUT2D eigenvalue weighted by Crippen LogP contribution is 2.35. The van der Waals surface area contributed by atoms with Gasteiger partial charge in [-0.25, -0.2) is 18.8 Å². The maximum atomic E-state index is 14.6. The number of nitrogens with zero attached hydrogens (tertiary/aromatic N) is 3. The maximum Gasteiger partial charge on any atom is 0.417 e. The number of hydrogen-bond acceptors (Lipinski definition) is 4. The van der Waals surface area contributed by atoms with Gasteiger partial charge in [0.25, 0.3) is 11.8 Å². The summed E-state index contributed by atoms with van der Waals surface area (Å²) in [5.41, 5.74) is 0.642. The van der Waals surface area contributed by atoms with E-state index < -0.39 is 48.5 Å². The number of pyridine rings is 1. The standard InChI is InChI=1S/C27H33F5N4O/c1-7-10-20-12-11-19(6)35-23(20)25(37)36-16-26(28,29)13-18(5)22(36)15-34-24(17(4)8-2)33-14-21(9-3)27(30,31)32/h9,11-12,14,18,22,34H,8,13,15-16H2,1-6H3/b21-9+,24-17+,33-14-. The first-order chi connectivity index (χ1) is 17.2. The Labute approximate surface area is 214 Å². The molecule has 0 saturated carbocycles. The normalized spacial score (nSPS) is 20.8. The zero-order valence-electron chi connectivity index (χ0n) is 21.9. The Morgan fingerprint density at radius 3 is 2.59 bits per heavy atom. The van der Waals surface area contributed by atoms with Gasteiger partial charge >= 0.3 is 6.18 Å². The zero-order valence-corrected chi connectivity index (χ0v) is 21.9. The van der Waals surface area contributed by atoms with Gasteiger partial charge in [-0.15, -0.1) is 5.92 Å². The molecule has 0 aromatic carbocycles. The first-order valence-corrected chi connectivity index (χ1v) is 12.0. The van der Waals surface area contributed by atoms with Crippen molar-refractivity contribution in [2.24, 2.45) is 10.9 Å². The van der Waals surface area contributed by atoms with Gasteiger partial charge in [0.15, 0.2) is 0 Å². The molecule has 1 aliphatic rings. The van der Waals surface area contributed by atoms with Crippen LogP contribution < -0.4 is 5.32 Å². The Kier molecular flexibility index (Phi) is 10.0. The first kappa shape index (κ1) is 30.0. The summed E-state index contributed by atoms with van der Waals surface area (Å²) in [6.45, 7) is 8.94. The van der Waals surface area contributed by atoms with E-state index in [1.165, 1.54) is 6.92 Å². The molecule has 37 heavy (non-hydrogen) atoms. The fraction of sp³-hybridized carbons (Fsp3) is 0.519. The first-order valence-electron chi connectivity index (χ1n) is 12.0. The lowest BCUT2D eigenvalue weighted by Crippen LogP contribution is -2.58. The average Bonchev–Trinajstić information content (AvgIpc) is 2.81. The number of aromatic nitrogens is 1. The van der Waals surface area contributed by atoms with Gasteiger partial charge in [0.2, 0.25) is 0 Å². The van der Waals surface area contributed by atoms with Gasteiger partial charge in [-0.3, -0.25) is 4.79 Å². The van der Waals surface area contributed by atoms with E-state index in [1.807, 2.05) is 6.92 Å². The highest BCUT2D eigenvalue weighted by Gasteiger charge is 2.46. The van der Waals surface area contributed by atoms with Crippen molar-refractivity contribution in [3.8, 4) is 11.8 Å². The molecule has 2 rings (SSSR count). The Bertz CT molecular complexity index is 1140. The van der Waals surface area contributed by atoms with Crippen LogP contribution in [0.25, 0.3) is 0 Å². The monoisotopic (exact) mass is 524 g/mol. The second-order valence-corrected chi connectivity index (χ2v) is 9.12. The second kappa shape index (κ2) is 12.3.